The molecule has 0 aliphatic carbocycles. The van der Waals surface area contributed by atoms with Gasteiger partial charge in [0.25, 0.3) is 0 Å². The number of anilines is 1. The number of halogens is 1. The van der Waals surface area contributed by atoms with Crippen molar-refractivity contribution >= 4 is 45.8 Å². The molecule has 0 saturated heterocycles. The maximum Gasteiger partial charge on any atom is 0.228 e. The lowest BCUT2D eigenvalue weighted by molar-refractivity contribution is -0.119. The number of rotatable bonds is 4. The predicted octanol–water partition coefficient (Wildman–Crippen LogP) is 3.77. The smallest absolute Gasteiger partial charge is 0.228 e. The van der Waals surface area contributed by atoms with E-state index in [9.17, 15) is 4.79 Å². The lowest BCUT2D eigenvalue weighted by Crippen LogP contribution is -2.26. The first-order chi connectivity index (χ1) is 10.7. The largest absolute Gasteiger partial charge is 0.341 e. The number of nitrogens with two attached hydrogens (primary N) is 1. The Bertz CT molecular complexity index is 841. The summed E-state index contributed by atoms with van der Waals surface area (Å²) in [7, 11) is 0. The number of hydrogen-bond donors (Lipinski definition) is 2. The zero-order valence-corrected chi connectivity index (χ0v) is 14.2. The Morgan fingerprint density at radius 1 is 1.17 bits per heavy atom. The number of aromatic nitrogens is 1. The molecule has 0 fully saturated rings. The molecule has 1 unspecified atom stereocenters. The number of aryl methyl sites for hydroxylation is 1. The standard InChI is InChI=1S/C18H21N3O.ClH/c1-3-21-16-7-5-4-6-14(16)15-10-13(8-9-17(15)21)20-18(22)12(2)11-19;/h4-10,12H,3,11,19H2,1-2H3,(H,20,22);1H. The van der Waals surface area contributed by atoms with Gasteiger partial charge in [-0.3, -0.25) is 4.79 Å². The van der Waals surface area contributed by atoms with Gasteiger partial charge in [-0.05, 0) is 31.2 Å². The van der Waals surface area contributed by atoms with E-state index in [4.69, 9.17) is 5.73 Å². The van der Waals surface area contributed by atoms with E-state index in [1.54, 1.807) is 0 Å². The van der Waals surface area contributed by atoms with Crippen molar-refractivity contribution in [2.75, 3.05) is 11.9 Å². The third-order valence-electron chi connectivity index (χ3n) is 4.16. The van der Waals surface area contributed by atoms with Crippen LogP contribution in [0.1, 0.15) is 13.8 Å². The van der Waals surface area contributed by atoms with E-state index in [0.717, 1.165) is 17.6 Å². The number of fused-ring (bicyclic) bond motifs is 3. The van der Waals surface area contributed by atoms with Crippen LogP contribution in [-0.2, 0) is 11.3 Å². The van der Waals surface area contributed by atoms with Gasteiger partial charge in [-0.25, -0.2) is 0 Å². The molecule has 1 amide bonds. The van der Waals surface area contributed by atoms with E-state index in [1.165, 1.54) is 16.4 Å². The molecule has 4 nitrogen and oxygen atoms in total. The molecule has 1 atom stereocenters. The van der Waals surface area contributed by atoms with Gasteiger partial charge in [0.15, 0.2) is 0 Å². The summed E-state index contributed by atoms with van der Waals surface area (Å²) in [6, 6.07) is 14.4. The van der Waals surface area contributed by atoms with Gasteiger partial charge >= 0.3 is 0 Å². The molecule has 0 aliphatic heterocycles. The second-order valence-corrected chi connectivity index (χ2v) is 5.62. The van der Waals surface area contributed by atoms with Crippen LogP contribution in [0.4, 0.5) is 5.69 Å². The van der Waals surface area contributed by atoms with Gasteiger partial charge in [0, 0.05) is 46.5 Å². The highest BCUT2D eigenvalue weighted by atomic mass is 35.5. The molecule has 1 heterocycles. The topological polar surface area (TPSA) is 60.0 Å². The summed E-state index contributed by atoms with van der Waals surface area (Å²) >= 11 is 0. The van der Waals surface area contributed by atoms with Gasteiger partial charge in [0.05, 0.1) is 0 Å². The summed E-state index contributed by atoms with van der Waals surface area (Å²) in [5, 5.41) is 5.32. The molecule has 3 aromatic rings. The van der Waals surface area contributed by atoms with Crippen molar-refractivity contribution in [1.29, 1.82) is 0 Å². The SMILES string of the molecule is CCn1c2ccccc2c2cc(NC(=O)C(C)CN)ccc21.Cl. The second kappa shape index (κ2) is 7.02. The second-order valence-electron chi connectivity index (χ2n) is 5.62. The van der Waals surface area contributed by atoms with E-state index in [-0.39, 0.29) is 24.2 Å². The fourth-order valence-corrected chi connectivity index (χ4v) is 2.84. The number of benzene rings is 2. The molecule has 0 bridgehead atoms. The molecule has 23 heavy (non-hydrogen) atoms. The normalized spacial score (nSPS) is 12.1. The predicted molar refractivity (Wildman–Crippen MR) is 99.2 cm³/mol. The Hall–Kier alpha value is -2.04. The summed E-state index contributed by atoms with van der Waals surface area (Å²) in [4.78, 5) is 12.0. The Labute approximate surface area is 142 Å². The molecule has 2 aromatic carbocycles. The summed E-state index contributed by atoms with van der Waals surface area (Å²) in [6.07, 6.45) is 0. The minimum atomic E-state index is -0.187. The molecule has 0 spiro atoms. The van der Waals surface area contributed by atoms with Gasteiger partial charge in [-0.15, -0.1) is 12.4 Å². The highest BCUT2D eigenvalue weighted by molar-refractivity contribution is 6.09. The molecule has 0 radical (unpaired) electrons. The van der Waals surface area contributed by atoms with E-state index < -0.39 is 0 Å². The number of carbonyl (C=O) groups is 1. The van der Waals surface area contributed by atoms with Crippen molar-refractivity contribution in [2.24, 2.45) is 11.7 Å². The third-order valence-corrected chi connectivity index (χ3v) is 4.16. The van der Waals surface area contributed by atoms with Crippen LogP contribution in [0.2, 0.25) is 0 Å². The molecule has 3 N–H and O–H groups in total. The summed E-state index contributed by atoms with van der Waals surface area (Å²) in [5.41, 5.74) is 8.77. The van der Waals surface area contributed by atoms with Crippen LogP contribution in [0.3, 0.4) is 0 Å². The van der Waals surface area contributed by atoms with E-state index in [0.29, 0.717) is 6.54 Å². The van der Waals surface area contributed by atoms with Gasteiger partial charge in [0.2, 0.25) is 5.91 Å². The van der Waals surface area contributed by atoms with Crippen molar-refractivity contribution in [3.63, 3.8) is 0 Å². The van der Waals surface area contributed by atoms with Crippen molar-refractivity contribution in [3.8, 4) is 0 Å². The van der Waals surface area contributed by atoms with E-state index in [1.807, 2.05) is 25.1 Å². The molecule has 3 rings (SSSR count). The number of nitrogens with zero attached hydrogens (tertiary/aromatic N) is 1. The van der Waals surface area contributed by atoms with Gasteiger partial charge in [0.1, 0.15) is 0 Å². The third kappa shape index (κ3) is 3.05. The summed E-state index contributed by atoms with van der Waals surface area (Å²) in [5.74, 6) is -0.228. The average Bonchev–Trinajstić information content (AvgIpc) is 2.87. The highest BCUT2D eigenvalue weighted by Gasteiger charge is 2.13. The maximum absolute atomic E-state index is 12.0. The van der Waals surface area contributed by atoms with E-state index >= 15 is 0 Å². The zero-order chi connectivity index (χ0) is 15.7. The average molecular weight is 332 g/mol. The number of nitrogens with one attached hydrogen (secondary N) is 1. The molecule has 1 aromatic heterocycles. The fraction of sp³-hybridized carbons (Fsp3) is 0.278. The number of hydrogen-bond acceptors (Lipinski definition) is 2. The summed E-state index contributed by atoms with van der Waals surface area (Å²) in [6.45, 7) is 5.24. The quantitative estimate of drug-likeness (QED) is 0.764. The van der Waals surface area contributed by atoms with Crippen molar-refractivity contribution in [2.45, 2.75) is 20.4 Å². The van der Waals surface area contributed by atoms with Crippen LogP contribution < -0.4 is 11.1 Å². The molecule has 122 valence electrons. The Morgan fingerprint density at radius 2 is 1.87 bits per heavy atom. The van der Waals surface area contributed by atoms with Crippen LogP contribution in [0, 0.1) is 5.92 Å². The minimum Gasteiger partial charge on any atom is -0.341 e. The lowest BCUT2D eigenvalue weighted by atomic mass is 10.1. The highest BCUT2D eigenvalue weighted by Crippen LogP contribution is 2.31. The summed E-state index contributed by atoms with van der Waals surface area (Å²) < 4.78 is 2.29. The lowest BCUT2D eigenvalue weighted by Gasteiger charge is -2.10. The Morgan fingerprint density at radius 3 is 2.57 bits per heavy atom. The van der Waals surface area contributed by atoms with Crippen molar-refractivity contribution < 1.29 is 4.79 Å². The molecule has 0 aliphatic rings. The van der Waals surface area contributed by atoms with Gasteiger partial charge in [-0.1, -0.05) is 25.1 Å². The fourth-order valence-electron chi connectivity index (χ4n) is 2.84. The zero-order valence-electron chi connectivity index (χ0n) is 13.4. The van der Waals surface area contributed by atoms with Crippen LogP contribution in [0.25, 0.3) is 21.8 Å². The van der Waals surface area contributed by atoms with Crippen LogP contribution in [0.5, 0.6) is 0 Å². The van der Waals surface area contributed by atoms with Crippen LogP contribution >= 0.6 is 12.4 Å². The first kappa shape index (κ1) is 17.3. The number of carbonyl (C=O) groups excluding carboxylic acids is 1. The maximum atomic E-state index is 12.0. The first-order valence-corrected chi connectivity index (χ1v) is 7.67. The van der Waals surface area contributed by atoms with Crippen molar-refractivity contribution in [3.05, 3.63) is 42.5 Å². The Balaban J connectivity index is 0.00000192. The van der Waals surface area contributed by atoms with Crippen LogP contribution in [-0.4, -0.2) is 17.0 Å². The van der Waals surface area contributed by atoms with E-state index in [2.05, 4.69) is 41.1 Å². The molecule has 5 heteroatoms. The molecule has 0 saturated carbocycles. The minimum absolute atomic E-state index is 0. The Kier molecular flexibility index (Phi) is 5.29. The molecular formula is C18H22ClN3O. The van der Waals surface area contributed by atoms with Crippen molar-refractivity contribution in [1.82, 2.24) is 4.57 Å². The number of para-hydroxylation sites is 1. The molecular weight excluding hydrogens is 310 g/mol. The van der Waals surface area contributed by atoms with Gasteiger partial charge < -0.3 is 15.6 Å². The monoisotopic (exact) mass is 331 g/mol. The van der Waals surface area contributed by atoms with Gasteiger partial charge in [-0.2, -0.15) is 0 Å². The van der Waals surface area contributed by atoms with Crippen LogP contribution in [0.15, 0.2) is 42.5 Å². The first-order valence-electron chi connectivity index (χ1n) is 7.67. The number of amides is 1.